The van der Waals surface area contributed by atoms with Crippen molar-refractivity contribution < 1.29 is 4.42 Å². The molecule has 0 amide bonds. The van der Waals surface area contributed by atoms with Gasteiger partial charge >= 0.3 is 0 Å². The summed E-state index contributed by atoms with van der Waals surface area (Å²) in [5.74, 6) is 0.612. The third-order valence-corrected chi connectivity index (χ3v) is 3.10. The average Bonchev–Trinajstić information content (AvgIpc) is 3.16. The van der Waals surface area contributed by atoms with E-state index in [2.05, 4.69) is 15.2 Å². The zero-order valence-corrected chi connectivity index (χ0v) is 10.5. The first kappa shape index (κ1) is 10.9. The molecule has 2 aromatic carbocycles. The van der Waals surface area contributed by atoms with Gasteiger partial charge < -0.3 is 4.42 Å². The second-order valence-electron chi connectivity index (χ2n) is 4.41. The maximum atomic E-state index is 5.77. The van der Waals surface area contributed by atoms with Crippen molar-refractivity contribution in [2.75, 3.05) is 0 Å². The Morgan fingerprint density at radius 2 is 1.75 bits per heavy atom. The Bertz CT molecular complexity index is 831. The van der Waals surface area contributed by atoms with E-state index in [-0.39, 0.29) is 0 Å². The van der Waals surface area contributed by atoms with Crippen LogP contribution in [0.2, 0.25) is 0 Å². The Kier molecular flexibility index (Phi) is 2.35. The van der Waals surface area contributed by atoms with E-state index in [0.717, 1.165) is 22.4 Å². The molecule has 4 aromatic rings. The summed E-state index contributed by atoms with van der Waals surface area (Å²) in [6.07, 6.45) is 3.32. The molecule has 0 saturated heterocycles. The predicted octanol–water partition coefficient (Wildman–Crippen LogP) is 3.08. The van der Waals surface area contributed by atoms with Gasteiger partial charge in [-0.3, -0.25) is 4.57 Å². The topological polar surface area (TPSA) is 56.7 Å². The summed E-state index contributed by atoms with van der Waals surface area (Å²) in [4.78, 5) is 4.50. The van der Waals surface area contributed by atoms with Crippen molar-refractivity contribution in [2.24, 2.45) is 0 Å². The molecule has 0 atom stereocenters. The minimum Gasteiger partial charge on any atom is -0.436 e. The van der Waals surface area contributed by atoms with E-state index in [1.807, 2.05) is 53.1 Å². The van der Waals surface area contributed by atoms with E-state index in [1.165, 1.54) is 0 Å². The largest absolute Gasteiger partial charge is 0.436 e. The van der Waals surface area contributed by atoms with Crippen LogP contribution in [0.5, 0.6) is 0 Å². The van der Waals surface area contributed by atoms with Gasteiger partial charge in [-0.15, -0.1) is 10.2 Å². The molecule has 0 aliphatic rings. The van der Waals surface area contributed by atoms with Crippen molar-refractivity contribution >= 4 is 11.1 Å². The van der Waals surface area contributed by atoms with Crippen LogP contribution < -0.4 is 0 Å². The highest BCUT2D eigenvalue weighted by molar-refractivity contribution is 5.76. The summed E-state index contributed by atoms with van der Waals surface area (Å²) in [6.45, 7) is 0. The quantitative estimate of drug-likeness (QED) is 0.557. The molecule has 0 aliphatic carbocycles. The molecule has 0 radical (unpaired) electrons. The smallest absolute Gasteiger partial charge is 0.227 e. The van der Waals surface area contributed by atoms with E-state index in [9.17, 15) is 0 Å². The van der Waals surface area contributed by atoms with Crippen LogP contribution >= 0.6 is 0 Å². The average molecular weight is 262 g/mol. The number of rotatable bonds is 2. The van der Waals surface area contributed by atoms with Gasteiger partial charge in [0.15, 0.2) is 5.58 Å². The predicted molar refractivity (Wildman–Crippen MR) is 74.4 cm³/mol. The minimum atomic E-state index is 0.612. The molecule has 2 aromatic heterocycles. The lowest BCUT2D eigenvalue weighted by Crippen LogP contribution is -1.90. The van der Waals surface area contributed by atoms with E-state index in [4.69, 9.17) is 4.42 Å². The first-order valence-corrected chi connectivity index (χ1v) is 6.21. The van der Waals surface area contributed by atoms with Gasteiger partial charge in [-0.25, -0.2) is 4.98 Å². The second-order valence-corrected chi connectivity index (χ2v) is 4.41. The van der Waals surface area contributed by atoms with E-state index in [1.54, 1.807) is 12.7 Å². The highest BCUT2D eigenvalue weighted by Gasteiger charge is 2.08. The zero-order valence-electron chi connectivity index (χ0n) is 10.5. The Labute approximate surface area is 114 Å². The van der Waals surface area contributed by atoms with Crippen molar-refractivity contribution in [3.63, 3.8) is 0 Å². The molecule has 20 heavy (non-hydrogen) atoms. The Hall–Kier alpha value is -2.95. The maximum Gasteiger partial charge on any atom is 0.227 e. The van der Waals surface area contributed by atoms with Crippen molar-refractivity contribution in [3.05, 3.63) is 61.2 Å². The number of benzene rings is 2. The van der Waals surface area contributed by atoms with Gasteiger partial charge in [0.2, 0.25) is 5.89 Å². The fourth-order valence-corrected chi connectivity index (χ4v) is 2.13. The monoisotopic (exact) mass is 262 g/mol. The van der Waals surface area contributed by atoms with Crippen LogP contribution in [0.4, 0.5) is 0 Å². The standard InChI is InChI=1S/C15H10N4O/c1-2-7-14-13(6-1)18-15(20-14)11-4-3-5-12(8-11)19-9-16-17-10-19/h1-10H. The highest BCUT2D eigenvalue weighted by atomic mass is 16.3. The van der Waals surface area contributed by atoms with Crippen molar-refractivity contribution in [1.82, 2.24) is 19.7 Å². The van der Waals surface area contributed by atoms with Crippen LogP contribution in [0.3, 0.4) is 0 Å². The summed E-state index contributed by atoms with van der Waals surface area (Å²) in [5.41, 5.74) is 3.54. The first-order valence-electron chi connectivity index (χ1n) is 6.21. The molecule has 5 heteroatoms. The van der Waals surface area contributed by atoms with Crippen molar-refractivity contribution in [1.29, 1.82) is 0 Å². The summed E-state index contributed by atoms with van der Waals surface area (Å²) < 4.78 is 7.61. The number of hydrogen-bond donors (Lipinski definition) is 0. The Morgan fingerprint density at radius 3 is 2.60 bits per heavy atom. The highest BCUT2D eigenvalue weighted by Crippen LogP contribution is 2.25. The minimum absolute atomic E-state index is 0.612. The van der Waals surface area contributed by atoms with Crippen LogP contribution in [-0.4, -0.2) is 19.7 Å². The van der Waals surface area contributed by atoms with E-state index in [0.29, 0.717) is 5.89 Å². The maximum absolute atomic E-state index is 5.77. The summed E-state index contributed by atoms with van der Waals surface area (Å²) >= 11 is 0. The SMILES string of the molecule is c1cc(-c2nc3ccccc3o2)cc(-n2cnnc2)c1. The van der Waals surface area contributed by atoms with Crippen LogP contribution in [0, 0.1) is 0 Å². The number of nitrogens with zero attached hydrogens (tertiary/aromatic N) is 4. The third-order valence-electron chi connectivity index (χ3n) is 3.10. The number of oxazole rings is 1. The van der Waals surface area contributed by atoms with Crippen LogP contribution in [-0.2, 0) is 0 Å². The summed E-state index contributed by atoms with van der Waals surface area (Å²) in [5, 5.41) is 7.62. The molecule has 2 heterocycles. The molecule has 0 spiro atoms. The van der Waals surface area contributed by atoms with Gasteiger partial charge in [0.05, 0.1) is 0 Å². The van der Waals surface area contributed by atoms with Crippen LogP contribution in [0.25, 0.3) is 28.2 Å². The number of para-hydroxylation sites is 2. The van der Waals surface area contributed by atoms with E-state index < -0.39 is 0 Å². The number of fused-ring (bicyclic) bond motifs is 1. The Morgan fingerprint density at radius 1 is 0.900 bits per heavy atom. The van der Waals surface area contributed by atoms with Crippen LogP contribution in [0.15, 0.2) is 65.6 Å². The number of aromatic nitrogens is 4. The molecular formula is C15H10N4O. The lowest BCUT2D eigenvalue weighted by molar-refractivity contribution is 0.620. The number of hydrogen-bond acceptors (Lipinski definition) is 4. The fraction of sp³-hybridized carbons (Fsp3) is 0. The molecular weight excluding hydrogens is 252 g/mol. The van der Waals surface area contributed by atoms with Gasteiger partial charge in [0, 0.05) is 11.3 Å². The molecule has 0 saturated carbocycles. The first-order chi connectivity index (χ1) is 9.90. The molecule has 0 bridgehead atoms. The molecule has 5 nitrogen and oxygen atoms in total. The molecule has 4 rings (SSSR count). The van der Waals surface area contributed by atoms with Crippen molar-refractivity contribution in [2.45, 2.75) is 0 Å². The van der Waals surface area contributed by atoms with Gasteiger partial charge in [-0.2, -0.15) is 0 Å². The van der Waals surface area contributed by atoms with Crippen LogP contribution in [0.1, 0.15) is 0 Å². The molecule has 96 valence electrons. The fourth-order valence-electron chi connectivity index (χ4n) is 2.13. The van der Waals surface area contributed by atoms with Gasteiger partial charge in [-0.1, -0.05) is 18.2 Å². The normalized spacial score (nSPS) is 11.0. The lowest BCUT2D eigenvalue weighted by atomic mass is 10.2. The molecule has 0 N–H and O–H groups in total. The lowest BCUT2D eigenvalue weighted by Gasteiger charge is -2.02. The van der Waals surface area contributed by atoms with Gasteiger partial charge in [0.1, 0.15) is 18.2 Å². The van der Waals surface area contributed by atoms with Crippen molar-refractivity contribution in [3.8, 4) is 17.1 Å². The summed E-state index contributed by atoms with van der Waals surface area (Å²) in [7, 11) is 0. The molecule has 0 unspecified atom stereocenters. The Balaban J connectivity index is 1.84. The second kappa shape index (κ2) is 4.31. The van der Waals surface area contributed by atoms with Gasteiger partial charge in [-0.05, 0) is 30.3 Å². The third kappa shape index (κ3) is 1.76. The van der Waals surface area contributed by atoms with E-state index >= 15 is 0 Å². The molecule has 0 aliphatic heterocycles. The molecule has 0 fully saturated rings. The zero-order chi connectivity index (χ0) is 13.4. The van der Waals surface area contributed by atoms with Gasteiger partial charge in [0.25, 0.3) is 0 Å². The summed E-state index contributed by atoms with van der Waals surface area (Å²) in [6, 6.07) is 15.6.